The van der Waals surface area contributed by atoms with Crippen molar-refractivity contribution in [1.29, 1.82) is 0 Å². The van der Waals surface area contributed by atoms with Crippen LogP contribution in [-0.4, -0.2) is 39.8 Å². The van der Waals surface area contributed by atoms with E-state index in [9.17, 15) is 4.79 Å². The first-order chi connectivity index (χ1) is 9.16. The number of halogens is 1. The van der Waals surface area contributed by atoms with Gasteiger partial charge >= 0.3 is 6.09 Å². The molecule has 1 heterocycles. The Morgan fingerprint density at radius 1 is 1.32 bits per heavy atom. The third-order valence-electron chi connectivity index (χ3n) is 3.34. The van der Waals surface area contributed by atoms with Gasteiger partial charge in [-0.05, 0) is 18.9 Å². The van der Waals surface area contributed by atoms with Crippen LogP contribution in [0.1, 0.15) is 18.9 Å². The fourth-order valence-corrected chi connectivity index (χ4v) is 2.60. The van der Waals surface area contributed by atoms with Crippen LogP contribution in [0.15, 0.2) is 30.3 Å². The van der Waals surface area contributed by atoms with Gasteiger partial charge in [0.2, 0.25) is 0 Å². The number of carbonyl (C=O) groups excluding carboxylic acids is 1. The number of ether oxygens (including phenoxy) is 1. The molecule has 4 nitrogen and oxygen atoms in total. The smallest absolute Gasteiger partial charge is 0.410 e. The monoisotopic (exact) mass is 374 g/mol. The van der Waals surface area contributed by atoms with Crippen LogP contribution in [0.3, 0.4) is 0 Å². The zero-order valence-electron chi connectivity index (χ0n) is 11.1. The van der Waals surface area contributed by atoms with Crippen molar-refractivity contribution in [3.8, 4) is 0 Å². The standard InChI is InChI=1S/C14H19IN2O2/c1-12-7-8-16(15)9-10-17(12)14(18)19-11-13-5-3-2-4-6-13/h2-6,12H,7-11H2,1H3. The molecule has 1 aliphatic heterocycles. The maximum Gasteiger partial charge on any atom is 0.410 e. The van der Waals surface area contributed by atoms with Gasteiger partial charge in [0, 0.05) is 48.5 Å². The molecule has 1 fully saturated rings. The molecule has 1 amide bonds. The van der Waals surface area contributed by atoms with Crippen molar-refractivity contribution in [2.24, 2.45) is 0 Å². The maximum absolute atomic E-state index is 12.1. The molecule has 0 bridgehead atoms. The van der Waals surface area contributed by atoms with Gasteiger partial charge in [-0.1, -0.05) is 30.3 Å². The molecule has 5 heteroatoms. The quantitative estimate of drug-likeness (QED) is 0.589. The van der Waals surface area contributed by atoms with Crippen molar-refractivity contribution in [1.82, 2.24) is 8.01 Å². The highest BCUT2D eigenvalue weighted by Crippen LogP contribution is 2.15. The van der Waals surface area contributed by atoms with E-state index < -0.39 is 0 Å². The lowest BCUT2D eigenvalue weighted by Gasteiger charge is -2.25. The lowest BCUT2D eigenvalue weighted by Crippen LogP contribution is -2.39. The Labute approximate surface area is 128 Å². The molecule has 0 spiro atoms. The summed E-state index contributed by atoms with van der Waals surface area (Å²) in [5, 5.41) is 0. The first kappa shape index (κ1) is 14.6. The summed E-state index contributed by atoms with van der Waals surface area (Å²) >= 11 is 2.31. The second kappa shape index (κ2) is 7.09. The van der Waals surface area contributed by atoms with Gasteiger partial charge in [-0.25, -0.2) is 7.91 Å². The van der Waals surface area contributed by atoms with Crippen molar-refractivity contribution in [2.75, 3.05) is 19.6 Å². The molecule has 2 rings (SSSR count). The normalized spacial score (nSPS) is 20.9. The fraction of sp³-hybridized carbons (Fsp3) is 0.500. The molecule has 1 unspecified atom stereocenters. The van der Waals surface area contributed by atoms with Crippen LogP contribution in [0.25, 0.3) is 0 Å². The van der Waals surface area contributed by atoms with Crippen molar-refractivity contribution in [3.05, 3.63) is 35.9 Å². The van der Waals surface area contributed by atoms with E-state index in [1.54, 1.807) is 0 Å². The molecule has 1 atom stereocenters. The summed E-state index contributed by atoms with van der Waals surface area (Å²) in [6.45, 7) is 5.07. The van der Waals surface area contributed by atoms with E-state index in [2.05, 4.69) is 32.9 Å². The molecule has 1 saturated heterocycles. The number of benzene rings is 1. The zero-order valence-corrected chi connectivity index (χ0v) is 13.2. The molecule has 19 heavy (non-hydrogen) atoms. The predicted octanol–water partition coefficient (Wildman–Crippen LogP) is 3.07. The number of carbonyl (C=O) groups is 1. The van der Waals surface area contributed by atoms with E-state index in [1.807, 2.05) is 35.2 Å². The Morgan fingerprint density at radius 3 is 2.79 bits per heavy atom. The van der Waals surface area contributed by atoms with Crippen molar-refractivity contribution >= 4 is 29.0 Å². The Hall–Kier alpha value is -0.820. The van der Waals surface area contributed by atoms with E-state index in [-0.39, 0.29) is 12.1 Å². The molecule has 104 valence electrons. The van der Waals surface area contributed by atoms with Crippen molar-refractivity contribution in [3.63, 3.8) is 0 Å². The van der Waals surface area contributed by atoms with Crippen LogP contribution in [0.2, 0.25) is 0 Å². The van der Waals surface area contributed by atoms with Gasteiger partial charge in [0.1, 0.15) is 6.61 Å². The lowest BCUT2D eigenvalue weighted by molar-refractivity contribution is 0.0854. The molecule has 1 aromatic carbocycles. The van der Waals surface area contributed by atoms with Gasteiger partial charge in [-0.15, -0.1) is 0 Å². The molecule has 0 radical (unpaired) electrons. The first-order valence-electron chi connectivity index (χ1n) is 6.55. The molecule has 0 aliphatic carbocycles. The summed E-state index contributed by atoms with van der Waals surface area (Å²) in [6, 6.07) is 10.0. The molecule has 1 aromatic rings. The second-order valence-corrected chi connectivity index (χ2v) is 6.15. The Bertz CT molecular complexity index is 413. The number of hydrogen-bond acceptors (Lipinski definition) is 3. The van der Waals surface area contributed by atoms with Crippen LogP contribution in [0.5, 0.6) is 0 Å². The molecular formula is C14H19IN2O2. The average molecular weight is 374 g/mol. The molecule has 0 aromatic heterocycles. The van der Waals surface area contributed by atoms with E-state index in [4.69, 9.17) is 4.74 Å². The van der Waals surface area contributed by atoms with Gasteiger partial charge < -0.3 is 9.64 Å². The fourth-order valence-electron chi connectivity index (χ4n) is 2.10. The zero-order chi connectivity index (χ0) is 13.7. The van der Waals surface area contributed by atoms with Crippen LogP contribution in [0, 0.1) is 0 Å². The minimum Gasteiger partial charge on any atom is -0.445 e. The third-order valence-corrected chi connectivity index (χ3v) is 4.31. The van der Waals surface area contributed by atoms with Crippen LogP contribution >= 0.6 is 22.9 Å². The Morgan fingerprint density at radius 2 is 2.05 bits per heavy atom. The van der Waals surface area contributed by atoms with Gasteiger partial charge in [0.05, 0.1) is 0 Å². The van der Waals surface area contributed by atoms with Gasteiger partial charge in [0.25, 0.3) is 0 Å². The summed E-state index contributed by atoms with van der Waals surface area (Å²) < 4.78 is 7.62. The molecule has 0 saturated carbocycles. The summed E-state index contributed by atoms with van der Waals surface area (Å²) in [5.41, 5.74) is 1.02. The van der Waals surface area contributed by atoms with Crippen LogP contribution in [-0.2, 0) is 11.3 Å². The summed E-state index contributed by atoms with van der Waals surface area (Å²) in [4.78, 5) is 14.0. The average Bonchev–Trinajstić information content (AvgIpc) is 2.60. The maximum atomic E-state index is 12.1. The van der Waals surface area contributed by atoms with Gasteiger partial charge in [-0.3, -0.25) is 0 Å². The minimum atomic E-state index is -0.206. The van der Waals surface area contributed by atoms with E-state index in [1.165, 1.54) is 0 Å². The van der Waals surface area contributed by atoms with E-state index in [0.717, 1.165) is 31.6 Å². The van der Waals surface area contributed by atoms with E-state index in [0.29, 0.717) is 6.61 Å². The van der Waals surface area contributed by atoms with Crippen LogP contribution in [0.4, 0.5) is 4.79 Å². The highest BCUT2D eigenvalue weighted by molar-refractivity contribution is 14.1. The minimum absolute atomic E-state index is 0.206. The van der Waals surface area contributed by atoms with Gasteiger partial charge in [0.15, 0.2) is 0 Å². The van der Waals surface area contributed by atoms with Crippen LogP contribution < -0.4 is 0 Å². The Balaban J connectivity index is 1.88. The summed E-state index contributed by atoms with van der Waals surface area (Å²) in [6.07, 6.45) is 0.784. The SMILES string of the molecule is CC1CCN(I)CCN1C(=O)OCc1ccccc1. The highest BCUT2D eigenvalue weighted by atomic mass is 127. The lowest BCUT2D eigenvalue weighted by atomic mass is 10.2. The van der Waals surface area contributed by atoms with Crippen molar-refractivity contribution in [2.45, 2.75) is 26.0 Å². The summed E-state index contributed by atoms with van der Waals surface area (Å²) in [7, 11) is 0. The first-order valence-corrected chi connectivity index (χ1v) is 7.51. The largest absolute Gasteiger partial charge is 0.445 e. The van der Waals surface area contributed by atoms with Crippen molar-refractivity contribution < 1.29 is 9.53 Å². The third kappa shape index (κ3) is 4.35. The number of hydrogen-bond donors (Lipinski definition) is 0. The summed E-state index contributed by atoms with van der Waals surface area (Å²) in [5.74, 6) is 0. The van der Waals surface area contributed by atoms with E-state index >= 15 is 0 Å². The second-order valence-electron chi connectivity index (χ2n) is 4.78. The molecule has 0 N–H and O–H groups in total. The highest BCUT2D eigenvalue weighted by Gasteiger charge is 2.25. The topological polar surface area (TPSA) is 32.8 Å². The number of amides is 1. The predicted molar refractivity (Wildman–Crippen MR) is 83.0 cm³/mol. The molecular weight excluding hydrogens is 355 g/mol. The molecule has 1 aliphatic rings. The van der Waals surface area contributed by atoms with Gasteiger partial charge in [-0.2, -0.15) is 0 Å². The number of nitrogens with zero attached hydrogens (tertiary/aromatic N) is 2. The Kier molecular flexibility index (Phi) is 5.45. The number of rotatable bonds is 2.